The Morgan fingerprint density at radius 3 is 2.55 bits per heavy atom. The molecule has 1 aromatic rings. The van der Waals surface area contributed by atoms with Crippen LogP contribution in [-0.2, 0) is 10.0 Å². The van der Waals surface area contributed by atoms with Gasteiger partial charge in [-0.15, -0.1) is 0 Å². The highest BCUT2D eigenvalue weighted by molar-refractivity contribution is 7.92. The smallest absolute Gasteiger partial charge is 0.274 e. The van der Waals surface area contributed by atoms with E-state index >= 15 is 0 Å². The van der Waals surface area contributed by atoms with Gasteiger partial charge >= 0.3 is 0 Å². The largest absolute Gasteiger partial charge is 0.313 e. The molecule has 0 unspecified atom stereocenters. The fourth-order valence-electron chi connectivity index (χ4n) is 1.63. The minimum absolute atomic E-state index is 0.0900. The van der Waals surface area contributed by atoms with E-state index in [0.29, 0.717) is 12.1 Å². The number of nitro benzene ring substituents is 1. The Hall–Kier alpha value is -1.67. The van der Waals surface area contributed by atoms with Crippen LogP contribution >= 0.6 is 0 Å². The number of benzene rings is 1. The molecular formula is C12H19N3O4S. The number of nitro groups is 1. The van der Waals surface area contributed by atoms with Gasteiger partial charge in [0.15, 0.2) is 0 Å². The van der Waals surface area contributed by atoms with E-state index in [-0.39, 0.29) is 23.2 Å². The lowest BCUT2D eigenvalue weighted by Gasteiger charge is -2.12. The molecule has 0 aliphatic rings. The van der Waals surface area contributed by atoms with Crippen LogP contribution < -0.4 is 10.0 Å². The maximum absolute atomic E-state index is 11.9. The van der Waals surface area contributed by atoms with Crippen molar-refractivity contribution >= 4 is 21.4 Å². The van der Waals surface area contributed by atoms with Crippen LogP contribution in [0.15, 0.2) is 18.2 Å². The lowest BCUT2D eigenvalue weighted by Crippen LogP contribution is -2.31. The monoisotopic (exact) mass is 301 g/mol. The molecule has 0 fully saturated rings. The second kappa shape index (κ2) is 6.67. The molecule has 0 bridgehead atoms. The van der Waals surface area contributed by atoms with Crippen molar-refractivity contribution in [3.8, 4) is 0 Å². The molecular weight excluding hydrogens is 282 g/mol. The Bertz CT molecular complexity index is 584. The molecule has 0 saturated carbocycles. The van der Waals surface area contributed by atoms with Crippen molar-refractivity contribution < 1.29 is 13.3 Å². The van der Waals surface area contributed by atoms with Crippen LogP contribution in [0.2, 0.25) is 0 Å². The summed E-state index contributed by atoms with van der Waals surface area (Å²) in [5.74, 6) is -0.0900. The van der Waals surface area contributed by atoms with Crippen molar-refractivity contribution in [2.45, 2.75) is 26.8 Å². The van der Waals surface area contributed by atoms with Gasteiger partial charge in [0.1, 0.15) is 0 Å². The average Bonchev–Trinajstić information content (AvgIpc) is 2.30. The first kappa shape index (κ1) is 16.4. The van der Waals surface area contributed by atoms with Gasteiger partial charge < -0.3 is 5.32 Å². The summed E-state index contributed by atoms with van der Waals surface area (Å²) in [6, 6.07) is 4.50. The molecule has 1 aromatic carbocycles. The summed E-state index contributed by atoms with van der Waals surface area (Å²) in [5, 5.41) is 13.8. The van der Waals surface area contributed by atoms with Crippen molar-refractivity contribution in [1.82, 2.24) is 5.32 Å². The van der Waals surface area contributed by atoms with Crippen molar-refractivity contribution in [3.63, 3.8) is 0 Å². The standard InChI is InChI=1S/C12H19N3O4S/c1-9(2)13-7-8-20(18,19)14-11-5-4-6-12(10(11)3)15(16)17/h4-6,9,13-14H,7-8H2,1-3H3. The Morgan fingerprint density at radius 1 is 1.35 bits per heavy atom. The Morgan fingerprint density at radius 2 is 2.00 bits per heavy atom. The highest BCUT2D eigenvalue weighted by Gasteiger charge is 2.17. The number of nitrogens with zero attached hydrogens (tertiary/aromatic N) is 1. The molecule has 8 heteroatoms. The molecule has 1 rings (SSSR count). The SMILES string of the molecule is Cc1c(NS(=O)(=O)CCNC(C)C)cccc1[N+](=O)[O-]. The molecule has 112 valence electrons. The van der Waals surface area contributed by atoms with E-state index < -0.39 is 14.9 Å². The van der Waals surface area contributed by atoms with Gasteiger partial charge in [0.05, 0.1) is 21.9 Å². The predicted octanol–water partition coefficient (Wildman–Crippen LogP) is 1.64. The zero-order valence-electron chi connectivity index (χ0n) is 11.7. The number of sulfonamides is 1. The third-order valence-electron chi connectivity index (χ3n) is 2.69. The normalized spacial score (nSPS) is 11.6. The van der Waals surface area contributed by atoms with Crippen molar-refractivity contribution in [3.05, 3.63) is 33.9 Å². The van der Waals surface area contributed by atoms with Crippen LogP contribution in [0.4, 0.5) is 11.4 Å². The molecule has 0 aliphatic heterocycles. The van der Waals surface area contributed by atoms with Crippen LogP contribution in [0.5, 0.6) is 0 Å². The van der Waals surface area contributed by atoms with E-state index in [9.17, 15) is 18.5 Å². The summed E-state index contributed by atoms with van der Waals surface area (Å²) in [5.41, 5.74) is 0.437. The predicted molar refractivity (Wildman–Crippen MR) is 78.4 cm³/mol. The first-order chi connectivity index (χ1) is 9.23. The molecule has 20 heavy (non-hydrogen) atoms. The summed E-state index contributed by atoms with van der Waals surface area (Å²) in [4.78, 5) is 10.3. The van der Waals surface area contributed by atoms with Gasteiger partial charge in [-0.2, -0.15) is 0 Å². The summed E-state index contributed by atoms with van der Waals surface area (Å²) in [7, 11) is -3.53. The van der Waals surface area contributed by atoms with E-state index in [1.54, 1.807) is 0 Å². The third-order valence-corrected chi connectivity index (χ3v) is 3.96. The summed E-state index contributed by atoms with van der Waals surface area (Å²) >= 11 is 0. The average molecular weight is 301 g/mol. The van der Waals surface area contributed by atoms with Gasteiger partial charge in [-0.3, -0.25) is 14.8 Å². The Kier molecular flexibility index (Phi) is 5.46. The highest BCUT2D eigenvalue weighted by atomic mass is 32.2. The van der Waals surface area contributed by atoms with Crippen LogP contribution in [-0.4, -0.2) is 31.7 Å². The fourth-order valence-corrected chi connectivity index (χ4v) is 2.68. The quantitative estimate of drug-likeness (QED) is 0.589. The van der Waals surface area contributed by atoms with Gasteiger partial charge in [0, 0.05) is 18.7 Å². The first-order valence-corrected chi connectivity index (χ1v) is 7.86. The summed E-state index contributed by atoms with van der Waals surface area (Å²) < 4.78 is 26.2. The fraction of sp³-hybridized carbons (Fsp3) is 0.500. The van der Waals surface area contributed by atoms with Gasteiger partial charge in [-0.1, -0.05) is 19.9 Å². The topological polar surface area (TPSA) is 101 Å². The maximum Gasteiger partial charge on any atom is 0.274 e. The van der Waals surface area contributed by atoms with Gasteiger partial charge in [-0.05, 0) is 13.0 Å². The van der Waals surface area contributed by atoms with Gasteiger partial charge in [0.25, 0.3) is 5.69 Å². The minimum Gasteiger partial charge on any atom is -0.313 e. The third kappa shape index (κ3) is 4.78. The summed E-state index contributed by atoms with van der Waals surface area (Å²) in [6.07, 6.45) is 0. The lowest BCUT2D eigenvalue weighted by molar-refractivity contribution is -0.385. The molecule has 0 heterocycles. The second-order valence-corrected chi connectivity index (χ2v) is 6.58. The number of hydrogen-bond acceptors (Lipinski definition) is 5. The van der Waals surface area contributed by atoms with Crippen LogP contribution in [0.1, 0.15) is 19.4 Å². The first-order valence-electron chi connectivity index (χ1n) is 6.21. The van der Waals surface area contributed by atoms with Gasteiger partial charge in [0.2, 0.25) is 10.0 Å². The molecule has 0 amide bonds. The lowest BCUT2D eigenvalue weighted by atomic mass is 10.2. The molecule has 0 radical (unpaired) electrons. The molecule has 0 saturated heterocycles. The molecule has 0 aromatic heterocycles. The number of anilines is 1. The maximum atomic E-state index is 11.9. The second-order valence-electron chi connectivity index (χ2n) is 4.74. The minimum atomic E-state index is -3.53. The number of rotatable bonds is 7. The molecule has 2 N–H and O–H groups in total. The number of hydrogen-bond donors (Lipinski definition) is 2. The van der Waals surface area contributed by atoms with E-state index in [0.717, 1.165) is 0 Å². The van der Waals surface area contributed by atoms with Crippen molar-refractivity contribution in [2.75, 3.05) is 17.0 Å². The highest BCUT2D eigenvalue weighted by Crippen LogP contribution is 2.25. The van der Waals surface area contributed by atoms with Crippen LogP contribution in [0.3, 0.4) is 0 Å². The van der Waals surface area contributed by atoms with E-state index in [2.05, 4.69) is 10.0 Å². The Balaban J connectivity index is 2.82. The van der Waals surface area contributed by atoms with E-state index in [1.165, 1.54) is 25.1 Å². The Labute approximate surface area is 118 Å². The number of nitrogens with one attached hydrogen (secondary N) is 2. The zero-order chi connectivity index (χ0) is 15.3. The molecule has 0 aliphatic carbocycles. The summed E-state index contributed by atoms with van der Waals surface area (Å²) in [6.45, 7) is 5.68. The molecule has 7 nitrogen and oxygen atoms in total. The van der Waals surface area contributed by atoms with Crippen LogP contribution in [0, 0.1) is 17.0 Å². The van der Waals surface area contributed by atoms with Crippen molar-refractivity contribution in [2.24, 2.45) is 0 Å². The van der Waals surface area contributed by atoms with Crippen molar-refractivity contribution in [1.29, 1.82) is 0 Å². The molecule has 0 spiro atoms. The van der Waals surface area contributed by atoms with E-state index in [4.69, 9.17) is 0 Å². The van der Waals surface area contributed by atoms with Gasteiger partial charge in [-0.25, -0.2) is 8.42 Å². The molecule has 0 atom stereocenters. The van der Waals surface area contributed by atoms with Crippen LogP contribution in [0.25, 0.3) is 0 Å². The zero-order valence-corrected chi connectivity index (χ0v) is 12.5. The van der Waals surface area contributed by atoms with E-state index in [1.807, 2.05) is 13.8 Å².